The van der Waals surface area contributed by atoms with Gasteiger partial charge in [-0.2, -0.15) is 5.10 Å². The molecule has 0 spiro atoms. The second-order valence-electron chi connectivity index (χ2n) is 4.69. The monoisotopic (exact) mass is 324 g/mol. The number of aromatic nitrogens is 2. The standard InChI is InChI=1S/C17H13ClN4O/c18-15-10-16(21-17(20-15)12-6-2-1-3-7-12)22-19-11-13-8-4-5-9-14(13)23/h1-11,23H,(H,20,21,22). The molecule has 0 amide bonds. The lowest BCUT2D eigenvalue weighted by atomic mass is 10.2. The minimum atomic E-state index is 0.156. The van der Waals surface area contributed by atoms with Crippen LogP contribution in [0.2, 0.25) is 5.15 Å². The fourth-order valence-electron chi connectivity index (χ4n) is 1.96. The van der Waals surface area contributed by atoms with E-state index in [1.54, 1.807) is 24.3 Å². The summed E-state index contributed by atoms with van der Waals surface area (Å²) in [5.41, 5.74) is 4.26. The van der Waals surface area contributed by atoms with Gasteiger partial charge in [-0.3, -0.25) is 5.43 Å². The molecule has 114 valence electrons. The SMILES string of the molecule is Oc1ccccc1C=NNc1cc(Cl)nc(-c2ccccc2)n1. The number of hydrazone groups is 1. The summed E-state index contributed by atoms with van der Waals surface area (Å²) < 4.78 is 0. The average molecular weight is 325 g/mol. The number of nitrogens with zero attached hydrogens (tertiary/aromatic N) is 3. The fourth-order valence-corrected chi connectivity index (χ4v) is 2.14. The van der Waals surface area contributed by atoms with Gasteiger partial charge in [0, 0.05) is 17.2 Å². The first-order chi connectivity index (χ1) is 11.2. The summed E-state index contributed by atoms with van der Waals surface area (Å²) >= 11 is 6.04. The molecule has 0 radical (unpaired) electrons. The predicted molar refractivity (Wildman–Crippen MR) is 91.8 cm³/mol. The number of nitrogens with one attached hydrogen (secondary N) is 1. The molecule has 0 saturated carbocycles. The van der Waals surface area contributed by atoms with Gasteiger partial charge in [0.2, 0.25) is 0 Å². The molecule has 0 aliphatic rings. The van der Waals surface area contributed by atoms with Crippen LogP contribution in [0.25, 0.3) is 11.4 Å². The highest BCUT2D eigenvalue weighted by molar-refractivity contribution is 6.29. The first-order valence-corrected chi connectivity index (χ1v) is 7.27. The molecule has 0 fully saturated rings. The Bertz CT molecular complexity index is 837. The largest absolute Gasteiger partial charge is 0.507 e. The van der Waals surface area contributed by atoms with Crippen molar-refractivity contribution >= 4 is 23.6 Å². The Labute approximate surface area is 138 Å². The molecule has 0 saturated heterocycles. The van der Waals surface area contributed by atoms with Gasteiger partial charge in [-0.25, -0.2) is 9.97 Å². The van der Waals surface area contributed by atoms with Crippen molar-refractivity contribution in [3.63, 3.8) is 0 Å². The van der Waals surface area contributed by atoms with Gasteiger partial charge in [0.05, 0.1) is 6.21 Å². The van der Waals surface area contributed by atoms with Crippen molar-refractivity contribution in [2.45, 2.75) is 0 Å². The third kappa shape index (κ3) is 3.84. The van der Waals surface area contributed by atoms with Crippen molar-refractivity contribution in [3.8, 4) is 17.1 Å². The molecular weight excluding hydrogens is 312 g/mol. The Hall–Kier alpha value is -2.92. The maximum absolute atomic E-state index is 9.68. The Balaban J connectivity index is 1.81. The zero-order valence-corrected chi connectivity index (χ0v) is 12.8. The van der Waals surface area contributed by atoms with Crippen LogP contribution in [0.5, 0.6) is 5.75 Å². The van der Waals surface area contributed by atoms with Crippen LogP contribution in [0.4, 0.5) is 5.82 Å². The smallest absolute Gasteiger partial charge is 0.163 e. The van der Waals surface area contributed by atoms with E-state index in [0.29, 0.717) is 22.4 Å². The van der Waals surface area contributed by atoms with Crippen molar-refractivity contribution in [2.24, 2.45) is 5.10 Å². The molecule has 2 N–H and O–H groups in total. The van der Waals surface area contributed by atoms with E-state index in [-0.39, 0.29) is 5.75 Å². The van der Waals surface area contributed by atoms with Crippen molar-refractivity contribution < 1.29 is 5.11 Å². The molecule has 6 heteroatoms. The molecule has 23 heavy (non-hydrogen) atoms. The second-order valence-corrected chi connectivity index (χ2v) is 5.08. The summed E-state index contributed by atoms with van der Waals surface area (Å²) in [5, 5.41) is 14.1. The average Bonchev–Trinajstić information content (AvgIpc) is 2.57. The highest BCUT2D eigenvalue weighted by atomic mass is 35.5. The number of hydrogen-bond acceptors (Lipinski definition) is 5. The summed E-state index contributed by atoms with van der Waals surface area (Å²) in [7, 11) is 0. The van der Waals surface area contributed by atoms with Crippen LogP contribution < -0.4 is 5.43 Å². The highest BCUT2D eigenvalue weighted by Gasteiger charge is 2.05. The predicted octanol–water partition coefficient (Wildman–Crippen LogP) is 3.95. The van der Waals surface area contributed by atoms with Crippen molar-refractivity contribution in [1.29, 1.82) is 0 Å². The molecule has 5 nitrogen and oxygen atoms in total. The lowest BCUT2D eigenvalue weighted by molar-refractivity contribution is 0.474. The third-order valence-corrected chi connectivity index (χ3v) is 3.24. The van der Waals surface area contributed by atoms with Gasteiger partial charge in [-0.1, -0.05) is 54.1 Å². The summed E-state index contributed by atoms with van der Waals surface area (Å²) in [5.74, 6) is 1.14. The molecule has 3 rings (SSSR count). The molecule has 1 heterocycles. The zero-order chi connectivity index (χ0) is 16.1. The number of para-hydroxylation sites is 1. The quantitative estimate of drug-likeness (QED) is 0.433. The van der Waals surface area contributed by atoms with E-state index in [1.807, 2.05) is 36.4 Å². The molecule has 0 aliphatic carbocycles. The maximum atomic E-state index is 9.68. The summed E-state index contributed by atoms with van der Waals surface area (Å²) in [6.07, 6.45) is 1.51. The number of hydrogen-bond donors (Lipinski definition) is 2. The van der Waals surface area contributed by atoms with E-state index in [2.05, 4.69) is 20.5 Å². The molecular formula is C17H13ClN4O. The Morgan fingerprint density at radius 3 is 2.52 bits per heavy atom. The molecule has 0 atom stereocenters. The normalized spacial score (nSPS) is 10.8. The van der Waals surface area contributed by atoms with E-state index >= 15 is 0 Å². The van der Waals surface area contributed by atoms with E-state index in [4.69, 9.17) is 11.6 Å². The number of phenols is 1. The van der Waals surface area contributed by atoms with E-state index < -0.39 is 0 Å². The lowest BCUT2D eigenvalue weighted by Crippen LogP contribution is -1.97. The van der Waals surface area contributed by atoms with Crippen molar-refractivity contribution in [2.75, 3.05) is 5.43 Å². The fraction of sp³-hybridized carbons (Fsp3) is 0. The number of aromatic hydroxyl groups is 1. The summed E-state index contributed by atoms with van der Waals surface area (Å²) in [6, 6.07) is 18.0. The van der Waals surface area contributed by atoms with Crippen LogP contribution in [0, 0.1) is 0 Å². The Morgan fingerprint density at radius 2 is 1.74 bits per heavy atom. The number of rotatable bonds is 4. The summed E-state index contributed by atoms with van der Waals surface area (Å²) in [6.45, 7) is 0. The van der Waals surface area contributed by atoms with Crippen LogP contribution in [0.3, 0.4) is 0 Å². The minimum Gasteiger partial charge on any atom is -0.507 e. The molecule has 2 aromatic carbocycles. The minimum absolute atomic E-state index is 0.156. The molecule has 1 aromatic heterocycles. The number of phenolic OH excluding ortho intramolecular Hbond substituents is 1. The van der Waals surface area contributed by atoms with Crippen molar-refractivity contribution in [3.05, 3.63) is 71.4 Å². The first-order valence-electron chi connectivity index (χ1n) is 6.89. The zero-order valence-electron chi connectivity index (χ0n) is 12.0. The Morgan fingerprint density at radius 1 is 1.00 bits per heavy atom. The van der Waals surface area contributed by atoms with Crippen molar-refractivity contribution in [1.82, 2.24) is 9.97 Å². The van der Waals surface area contributed by atoms with Crippen LogP contribution >= 0.6 is 11.6 Å². The molecule has 0 aliphatic heterocycles. The summed E-state index contributed by atoms with van der Waals surface area (Å²) in [4.78, 5) is 8.58. The number of anilines is 1. The third-order valence-electron chi connectivity index (χ3n) is 3.05. The molecule has 3 aromatic rings. The lowest BCUT2D eigenvalue weighted by Gasteiger charge is -2.04. The number of benzene rings is 2. The van der Waals surface area contributed by atoms with Crippen LogP contribution in [-0.4, -0.2) is 21.3 Å². The molecule has 0 unspecified atom stereocenters. The van der Waals surface area contributed by atoms with Gasteiger partial charge < -0.3 is 5.11 Å². The van der Waals surface area contributed by atoms with Gasteiger partial charge in [0.1, 0.15) is 10.9 Å². The van der Waals surface area contributed by atoms with E-state index in [9.17, 15) is 5.11 Å². The van der Waals surface area contributed by atoms with Crippen LogP contribution in [0.1, 0.15) is 5.56 Å². The van der Waals surface area contributed by atoms with Crippen LogP contribution in [-0.2, 0) is 0 Å². The van der Waals surface area contributed by atoms with Gasteiger partial charge >= 0.3 is 0 Å². The van der Waals surface area contributed by atoms with Gasteiger partial charge in [0.25, 0.3) is 0 Å². The van der Waals surface area contributed by atoms with Crippen LogP contribution in [0.15, 0.2) is 65.8 Å². The Kier molecular flexibility index (Phi) is 4.49. The maximum Gasteiger partial charge on any atom is 0.163 e. The highest BCUT2D eigenvalue weighted by Crippen LogP contribution is 2.20. The topological polar surface area (TPSA) is 70.4 Å². The molecule has 0 bridgehead atoms. The van der Waals surface area contributed by atoms with Gasteiger partial charge in [-0.05, 0) is 12.1 Å². The second kappa shape index (κ2) is 6.89. The first kappa shape index (κ1) is 15.0. The van der Waals surface area contributed by atoms with E-state index in [0.717, 1.165) is 5.56 Å². The number of halogens is 1. The van der Waals surface area contributed by atoms with Gasteiger partial charge in [0.15, 0.2) is 11.6 Å². The van der Waals surface area contributed by atoms with E-state index in [1.165, 1.54) is 6.21 Å². The van der Waals surface area contributed by atoms with Gasteiger partial charge in [-0.15, -0.1) is 0 Å².